The maximum absolute atomic E-state index is 13.0. The maximum Gasteiger partial charge on any atom is 0.279 e. The molecule has 6 nitrogen and oxygen atoms in total. The SMILES string of the molecule is CC1CC(C)CN(S(=O)(=O)c2ccc(C(=O)N=c3sc4ccccc4n3C)cc2)C1. The van der Waals surface area contributed by atoms with Gasteiger partial charge in [0.2, 0.25) is 10.0 Å². The highest BCUT2D eigenvalue weighted by molar-refractivity contribution is 7.89. The van der Waals surface area contributed by atoms with Crippen molar-refractivity contribution in [3.8, 4) is 0 Å². The summed E-state index contributed by atoms with van der Waals surface area (Å²) in [7, 11) is -1.69. The van der Waals surface area contributed by atoms with E-state index in [0.717, 1.165) is 16.6 Å². The van der Waals surface area contributed by atoms with Gasteiger partial charge in [0.1, 0.15) is 0 Å². The number of fused-ring (bicyclic) bond motifs is 1. The Bertz CT molecular complexity index is 1250. The number of para-hydroxylation sites is 1. The fourth-order valence-corrected chi connectivity index (χ4v) is 6.76. The van der Waals surface area contributed by atoms with Gasteiger partial charge in [0, 0.05) is 25.7 Å². The molecule has 2 unspecified atom stereocenters. The van der Waals surface area contributed by atoms with Crippen LogP contribution in [0.15, 0.2) is 58.4 Å². The molecule has 1 fully saturated rings. The molecule has 0 spiro atoms. The number of carbonyl (C=O) groups excluding carboxylic acids is 1. The van der Waals surface area contributed by atoms with Gasteiger partial charge in [-0.3, -0.25) is 4.79 Å². The van der Waals surface area contributed by atoms with Crippen LogP contribution in [0.3, 0.4) is 0 Å². The van der Waals surface area contributed by atoms with Crippen LogP contribution in [-0.4, -0.2) is 36.3 Å². The maximum atomic E-state index is 13.0. The minimum atomic E-state index is -3.56. The number of hydrogen-bond donors (Lipinski definition) is 0. The number of hydrogen-bond acceptors (Lipinski definition) is 4. The molecule has 8 heteroatoms. The second-order valence-electron chi connectivity index (χ2n) is 8.12. The first-order valence-electron chi connectivity index (χ1n) is 9.99. The van der Waals surface area contributed by atoms with Crippen LogP contribution in [-0.2, 0) is 17.1 Å². The summed E-state index contributed by atoms with van der Waals surface area (Å²) in [6, 6.07) is 14.0. The Morgan fingerprint density at radius 2 is 1.67 bits per heavy atom. The van der Waals surface area contributed by atoms with Gasteiger partial charge in [-0.2, -0.15) is 9.30 Å². The highest BCUT2D eigenvalue weighted by atomic mass is 32.2. The van der Waals surface area contributed by atoms with E-state index >= 15 is 0 Å². The van der Waals surface area contributed by atoms with Crippen LogP contribution in [0.5, 0.6) is 0 Å². The molecule has 158 valence electrons. The van der Waals surface area contributed by atoms with E-state index in [1.807, 2.05) is 35.9 Å². The minimum Gasteiger partial charge on any atom is -0.319 e. The Balaban J connectivity index is 1.60. The predicted molar refractivity (Wildman–Crippen MR) is 119 cm³/mol. The molecule has 2 atom stereocenters. The first kappa shape index (κ1) is 21.0. The first-order valence-corrected chi connectivity index (χ1v) is 12.2. The number of benzene rings is 2. The average Bonchev–Trinajstić information content (AvgIpc) is 3.03. The van der Waals surface area contributed by atoms with Crippen molar-refractivity contribution in [1.82, 2.24) is 8.87 Å². The van der Waals surface area contributed by atoms with Gasteiger partial charge < -0.3 is 4.57 Å². The molecule has 0 aliphatic carbocycles. The zero-order valence-corrected chi connectivity index (χ0v) is 18.9. The first-order chi connectivity index (χ1) is 14.3. The Morgan fingerprint density at radius 1 is 1.03 bits per heavy atom. The Morgan fingerprint density at radius 3 is 2.30 bits per heavy atom. The van der Waals surface area contributed by atoms with Crippen LogP contribution >= 0.6 is 11.3 Å². The summed E-state index contributed by atoms with van der Waals surface area (Å²) in [5.74, 6) is 0.289. The Kier molecular flexibility index (Phi) is 5.65. The van der Waals surface area contributed by atoms with E-state index in [4.69, 9.17) is 0 Å². The summed E-state index contributed by atoms with van der Waals surface area (Å²) in [5.41, 5.74) is 1.38. The molecule has 1 saturated heterocycles. The third-order valence-electron chi connectivity index (χ3n) is 5.49. The number of nitrogens with zero attached hydrogens (tertiary/aromatic N) is 3. The molecule has 1 aromatic heterocycles. The summed E-state index contributed by atoms with van der Waals surface area (Å²) < 4.78 is 30.5. The summed E-state index contributed by atoms with van der Waals surface area (Å²) in [6.07, 6.45) is 1.04. The van der Waals surface area contributed by atoms with Gasteiger partial charge >= 0.3 is 0 Å². The van der Waals surface area contributed by atoms with Crippen LogP contribution in [0, 0.1) is 11.8 Å². The fourth-order valence-electron chi connectivity index (χ4n) is 4.06. The predicted octanol–water partition coefficient (Wildman–Crippen LogP) is 3.65. The zero-order chi connectivity index (χ0) is 21.5. The number of rotatable bonds is 3. The highest BCUT2D eigenvalue weighted by Gasteiger charge is 2.31. The number of piperidine rings is 1. The van der Waals surface area contributed by atoms with Crippen molar-refractivity contribution < 1.29 is 13.2 Å². The zero-order valence-electron chi connectivity index (χ0n) is 17.3. The van der Waals surface area contributed by atoms with Gasteiger partial charge in [-0.1, -0.05) is 37.3 Å². The lowest BCUT2D eigenvalue weighted by Crippen LogP contribution is -2.42. The van der Waals surface area contributed by atoms with E-state index < -0.39 is 10.0 Å². The molecular formula is C22H25N3O3S2. The lowest BCUT2D eigenvalue weighted by atomic mass is 9.94. The summed E-state index contributed by atoms with van der Waals surface area (Å²) in [6.45, 7) is 5.22. The standard InChI is InChI=1S/C22H25N3O3S2/c1-15-12-16(2)14-25(13-15)30(27,28)18-10-8-17(9-11-18)21(26)23-22-24(3)19-6-4-5-7-20(19)29-22/h4-11,15-16H,12-14H2,1-3H3. The van der Waals surface area contributed by atoms with Gasteiger partial charge in [0.15, 0.2) is 4.80 Å². The van der Waals surface area contributed by atoms with Gasteiger partial charge in [-0.05, 0) is 54.7 Å². The van der Waals surface area contributed by atoms with Crippen molar-refractivity contribution in [3.63, 3.8) is 0 Å². The summed E-state index contributed by atoms with van der Waals surface area (Å²) >= 11 is 1.45. The average molecular weight is 444 g/mol. The van der Waals surface area contributed by atoms with Crippen molar-refractivity contribution >= 4 is 37.5 Å². The summed E-state index contributed by atoms with van der Waals surface area (Å²) in [5, 5.41) is 0. The molecule has 2 aromatic carbocycles. The summed E-state index contributed by atoms with van der Waals surface area (Å²) in [4.78, 5) is 17.7. The van der Waals surface area contributed by atoms with E-state index in [1.54, 1.807) is 16.4 Å². The van der Waals surface area contributed by atoms with Gasteiger partial charge in [-0.15, -0.1) is 0 Å². The van der Waals surface area contributed by atoms with Crippen molar-refractivity contribution in [2.75, 3.05) is 13.1 Å². The molecule has 1 aliphatic rings. The van der Waals surface area contributed by atoms with E-state index in [2.05, 4.69) is 18.8 Å². The number of amides is 1. The molecule has 3 aromatic rings. The van der Waals surface area contributed by atoms with Gasteiger partial charge in [-0.25, -0.2) is 8.42 Å². The van der Waals surface area contributed by atoms with Crippen molar-refractivity contribution in [1.29, 1.82) is 0 Å². The van der Waals surface area contributed by atoms with Crippen LogP contribution in [0.1, 0.15) is 30.6 Å². The molecule has 0 bridgehead atoms. The third kappa shape index (κ3) is 3.99. The van der Waals surface area contributed by atoms with Crippen molar-refractivity contribution in [2.45, 2.75) is 25.2 Å². The van der Waals surface area contributed by atoms with E-state index in [0.29, 0.717) is 35.3 Å². The molecule has 0 N–H and O–H groups in total. The highest BCUT2D eigenvalue weighted by Crippen LogP contribution is 2.26. The van der Waals surface area contributed by atoms with Crippen molar-refractivity contribution in [3.05, 3.63) is 58.9 Å². The number of carbonyl (C=O) groups is 1. The lowest BCUT2D eigenvalue weighted by molar-refractivity contribution is 0.0998. The van der Waals surface area contributed by atoms with Crippen LogP contribution < -0.4 is 4.80 Å². The topological polar surface area (TPSA) is 71.7 Å². The monoisotopic (exact) mass is 443 g/mol. The number of aromatic nitrogens is 1. The molecule has 4 rings (SSSR count). The van der Waals surface area contributed by atoms with Crippen LogP contribution in [0.25, 0.3) is 10.2 Å². The smallest absolute Gasteiger partial charge is 0.279 e. The Hall–Kier alpha value is -2.29. The third-order valence-corrected chi connectivity index (χ3v) is 8.45. The fraction of sp³-hybridized carbons (Fsp3) is 0.364. The van der Waals surface area contributed by atoms with E-state index in [-0.39, 0.29) is 10.8 Å². The largest absolute Gasteiger partial charge is 0.319 e. The Labute approximate surface area is 180 Å². The van der Waals surface area contributed by atoms with Crippen LogP contribution in [0.2, 0.25) is 0 Å². The molecule has 30 heavy (non-hydrogen) atoms. The second-order valence-corrected chi connectivity index (χ2v) is 11.1. The van der Waals surface area contributed by atoms with Crippen LogP contribution in [0.4, 0.5) is 0 Å². The lowest BCUT2D eigenvalue weighted by Gasteiger charge is -2.34. The molecule has 0 radical (unpaired) electrons. The second kappa shape index (κ2) is 8.09. The van der Waals surface area contributed by atoms with E-state index in [1.165, 1.54) is 23.5 Å². The number of sulfonamides is 1. The normalized spacial score (nSPS) is 21.2. The van der Waals surface area contributed by atoms with Gasteiger partial charge in [0.05, 0.1) is 15.1 Å². The van der Waals surface area contributed by atoms with Crippen molar-refractivity contribution in [2.24, 2.45) is 23.9 Å². The molecule has 1 aliphatic heterocycles. The number of aryl methyl sites for hydroxylation is 1. The molecule has 2 heterocycles. The van der Waals surface area contributed by atoms with E-state index in [9.17, 15) is 13.2 Å². The number of thiazole rings is 1. The molecular weight excluding hydrogens is 418 g/mol. The quantitative estimate of drug-likeness (QED) is 0.620. The van der Waals surface area contributed by atoms with Gasteiger partial charge in [0.25, 0.3) is 5.91 Å². The molecule has 0 saturated carbocycles. The minimum absolute atomic E-state index is 0.216. The molecule has 1 amide bonds.